The van der Waals surface area contributed by atoms with Crippen LogP contribution in [0.4, 0.5) is 0 Å². The molecule has 4 nitrogen and oxygen atoms in total. The molecule has 0 aliphatic heterocycles. The lowest BCUT2D eigenvalue weighted by molar-refractivity contribution is 0.477. The van der Waals surface area contributed by atoms with Crippen molar-refractivity contribution in [3.05, 3.63) is 48.5 Å². The van der Waals surface area contributed by atoms with Crippen LogP contribution in [0.3, 0.4) is 0 Å². The molecule has 0 amide bonds. The minimum Gasteiger partial charge on any atom is -0.507 e. The molecule has 5 heteroatoms. The van der Waals surface area contributed by atoms with Crippen LogP contribution in [0, 0.1) is 6.07 Å². The van der Waals surface area contributed by atoms with Crippen LogP contribution < -0.4 is 5.14 Å². The van der Waals surface area contributed by atoms with Crippen molar-refractivity contribution >= 4 is 10.0 Å². The predicted molar refractivity (Wildman–Crippen MR) is 63.8 cm³/mol. The molecular weight excluding hydrogens is 238 g/mol. The first-order valence-corrected chi connectivity index (χ1v) is 6.35. The molecule has 0 saturated heterocycles. The summed E-state index contributed by atoms with van der Waals surface area (Å²) in [6, 6.07) is 13.5. The molecule has 0 aliphatic carbocycles. The number of phenolic OH excluding ortho intramolecular Hbond substituents is 1. The predicted octanol–water partition coefficient (Wildman–Crippen LogP) is 1.51. The zero-order valence-corrected chi connectivity index (χ0v) is 9.61. The first-order chi connectivity index (χ1) is 7.98. The summed E-state index contributed by atoms with van der Waals surface area (Å²) in [7, 11) is -3.74. The van der Waals surface area contributed by atoms with Crippen molar-refractivity contribution in [2.75, 3.05) is 0 Å². The van der Waals surface area contributed by atoms with Crippen LogP contribution in [0.25, 0.3) is 11.1 Å². The van der Waals surface area contributed by atoms with Crippen LogP contribution in [0.5, 0.6) is 5.75 Å². The van der Waals surface area contributed by atoms with E-state index in [1.807, 2.05) is 0 Å². The van der Waals surface area contributed by atoms with Gasteiger partial charge in [-0.1, -0.05) is 24.3 Å². The molecule has 0 spiro atoms. The van der Waals surface area contributed by atoms with Gasteiger partial charge in [-0.25, -0.2) is 13.6 Å². The molecule has 0 bridgehead atoms. The Morgan fingerprint density at radius 1 is 1.24 bits per heavy atom. The lowest BCUT2D eigenvalue weighted by Gasteiger charge is -2.05. The Morgan fingerprint density at radius 3 is 2.65 bits per heavy atom. The standard InChI is InChI=1S/C12H10NO3S/c13-17(15,16)10-5-3-4-9(8-10)11-6-1-2-7-12(11)14/h1,3-8,14H,(H2,13,15,16). The molecule has 0 heterocycles. The van der Waals surface area contributed by atoms with E-state index in [4.69, 9.17) is 5.14 Å². The SMILES string of the molecule is NS(=O)(=O)c1cccc(-c2cc[c]cc2O)c1. The summed E-state index contributed by atoms with van der Waals surface area (Å²) in [6.07, 6.45) is 0. The van der Waals surface area contributed by atoms with Crippen molar-refractivity contribution < 1.29 is 13.5 Å². The molecule has 2 aromatic carbocycles. The van der Waals surface area contributed by atoms with E-state index in [9.17, 15) is 13.5 Å². The molecule has 0 aliphatic rings. The molecule has 0 atom stereocenters. The minimum absolute atomic E-state index is 0.0160. The van der Waals surface area contributed by atoms with E-state index in [-0.39, 0.29) is 10.6 Å². The van der Waals surface area contributed by atoms with Gasteiger partial charge < -0.3 is 5.11 Å². The van der Waals surface area contributed by atoms with Gasteiger partial charge in [0, 0.05) is 5.56 Å². The van der Waals surface area contributed by atoms with Crippen LogP contribution in [-0.4, -0.2) is 13.5 Å². The van der Waals surface area contributed by atoms with Crippen LogP contribution in [0.2, 0.25) is 0 Å². The van der Waals surface area contributed by atoms with E-state index in [2.05, 4.69) is 6.07 Å². The van der Waals surface area contributed by atoms with Gasteiger partial charge in [0.05, 0.1) is 4.90 Å². The largest absolute Gasteiger partial charge is 0.507 e. The maximum atomic E-state index is 11.2. The Hall–Kier alpha value is -1.85. The van der Waals surface area contributed by atoms with E-state index < -0.39 is 10.0 Å². The molecule has 0 aromatic heterocycles. The Morgan fingerprint density at radius 2 is 2.00 bits per heavy atom. The fraction of sp³-hybridized carbons (Fsp3) is 0. The van der Waals surface area contributed by atoms with Crippen molar-refractivity contribution in [1.82, 2.24) is 0 Å². The van der Waals surface area contributed by atoms with Gasteiger partial charge in [-0.3, -0.25) is 0 Å². The maximum absolute atomic E-state index is 11.2. The van der Waals surface area contributed by atoms with E-state index in [1.54, 1.807) is 24.3 Å². The second-order valence-electron chi connectivity index (χ2n) is 3.52. The zero-order valence-electron chi connectivity index (χ0n) is 8.79. The number of benzene rings is 2. The van der Waals surface area contributed by atoms with Crippen molar-refractivity contribution in [3.8, 4) is 16.9 Å². The Kier molecular flexibility index (Phi) is 2.87. The normalized spacial score (nSPS) is 11.4. The number of primary sulfonamides is 1. The molecule has 2 aromatic rings. The molecule has 0 unspecified atom stereocenters. The Balaban J connectivity index is 2.59. The van der Waals surface area contributed by atoms with Crippen LogP contribution >= 0.6 is 0 Å². The third-order valence-corrected chi connectivity index (χ3v) is 3.23. The second kappa shape index (κ2) is 4.20. The minimum atomic E-state index is -3.74. The highest BCUT2D eigenvalue weighted by Gasteiger charge is 2.10. The number of nitrogens with two attached hydrogens (primary N) is 1. The summed E-state index contributed by atoms with van der Waals surface area (Å²) < 4.78 is 22.4. The summed E-state index contributed by atoms with van der Waals surface area (Å²) in [5.74, 6) is 0.0408. The van der Waals surface area contributed by atoms with E-state index >= 15 is 0 Å². The second-order valence-corrected chi connectivity index (χ2v) is 5.08. The zero-order chi connectivity index (χ0) is 12.5. The number of phenols is 1. The first kappa shape index (κ1) is 11.6. The fourth-order valence-electron chi connectivity index (χ4n) is 1.51. The average molecular weight is 248 g/mol. The van der Waals surface area contributed by atoms with Gasteiger partial charge >= 0.3 is 0 Å². The van der Waals surface area contributed by atoms with Gasteiger partial charge in [0.1, 0.15) is 5.75 Å². The lowest BCUT2D eigenvalue weighted by atomic mass is 10.1. The summed E-state index contributed by atoms with van der Waals surface area (Å²) >= 11 is 0. The van der Waals surface area contributed by atoms with Gasteiger partial charge in [0.25, 0.3) is 0 Å². The summed E-state index contributed by atoms with van der Waals surface area (Å²) in [4.78, 5) is 0.0160. The number of hydrogen-bond donors (Lipinski definition) is 2. The van der Waals surface area contributed by atoms with E-state index in [0.717, 1.165) is 0 Å². The Labute approximate surface area is 99.4 Å². The van der Waals surface area contributed by atoms with Gasteiger partial charge in [0.15, 0.2) is 0 Å². The smallest absolute Gasteiger partial charge is 0.238 e. The van der Waals surface area contributed by atoms with Gasteiger partial charge in [-0.15, -0.1) is 0 Å². The first-order valence-electron chi connectivity index (χ1n) is 4.81. The third kappa shape index (κ3) is 2.46. The van der Waals surface area contributed by atoms with Crippen LogP contribution in [0.15, 0.2) is 47.4 Å². The summed E-state index contributed by atoms with van der Waals surface area (Å²) in [6.45, 7) is 0. The quantitative estimate of drug-likeness (QED) is 0.845. The van der Waals surface area contributed by atoms with Crippen LogP contribution in [-0.2, 0) is 10.0 Å². The van der Waals surface area contributed by atoms with Crippen molar-refractivity contribution in [1.29, 1.82) is 0 Å². The lowest BCUT2D eigenvalue weighted by Crippen LogP contribution is -2.11. The van der Waals surface area contributed by atoms with Crippen LogP contribution in [0.1, 0.15) is 0 Å². The molecule has 17 heavy (non-hydrogen) atoms. The van der Waals surface area contributed by atoms with Crippen molar-refractivity contribution in [2.24, 2.45) is 5.14 Å². The van der Waals surface area contributed by atoms with Gasteiger partial charge in [-0.2, -0.15) is 0 Å². The van der Waals surface area contributed by atoms with E-state index in [1.165, 1.54) is 18.2 Å². The van der Waals surface area contributed by atoms with Gasteiger partial charge in [-0.05, 0) is 29.8 Å². The average Bonchev–Trinajstić information content (AvgIpc) is 2.29. The molecule has 3 N–H and O–H groups in total. The third-order valence-electron chi connectivity index (χ3n) is 2.32. The number of aromatic hydroxyl groups is 1. The topological polar surface area (TPSA) is 80.4 Å². The summed E-state index contributed by atoms with van der Waals surface area (Å²) in [5, 5.41) is 14.7. The summed E-state index contributed by atoms with van der Waals surface area (Å²) in [5.41, 5.74) is 1.12. The molecule has 1 radical (unpaired) electrons. The van der Waals surface area contributed by atoms with Gasteiger partial charge in [0.2, 0.25) is 10.0 Å². The Bertz CT molecular complexity index is 650. The molecular formula is C12H10NO3S. The number of sulfonamides is 1. The van der Waals surface area contributed by atoms with E-state index in [0.29, 0.717) is 11.1 Å². The molecule has 0 fully saturated rings. The molecule has 87 valence electrons. The number of hydrogen-bond acceptors (Lipinski definition) is 3. The highest BCUT2D eigenvalue weighted by molar-refractivity contribution is 7.89. The number of rotatable bonds is 2. The fourth-order valence-corrected chi connectivity index (χ4v) is 2.07. The highest BCUT2D eigenvalue weighted by atomic mass is 32.2. The highest BCUT2D eigenvalue weighted by Crippen LogP contribution is 2.29. The van der Waals surface area contributed by atoms with Crippen molar-refractivity contribution in [2.45, 2.75) is 4.90 Å². The monoisotopic (exact) mass is 248 g/mol. The molecule has 0 saturated carbocycles. The molecule has 2 rings (SSSR count). The maximum Gasteiger partial charge on any atom is 0.238 e. The van der Waals surface area contributed by atoms with Crippen molar-refractivity contribution in [3.63, 3.8) is 0 Å².